The number of amides is 1. The Labute approximate surface area is 155 Å². The summed E-state index contributed by atoms with van der Waals surface area (Å²) in [4.78, 5) is 27.2. The van der Waals surface area contributed by atoms with Crippen LogP contribution in [0.5, 0.6) is 0 Å². The van der Waals surface area contributed by atoms with E-state index in [1.165, 1.54) is 16.8 Å². The van der Waals surface area contributed by atoms with E-state index in [1.54, 1.807) is 12.1 Å². The number of hydrogen-bond acceptors (Lipinski definition) is 3. The summed E-state index contributed by atoms with van der Waals surface area (Å²) in [6.07, 6.45) is 0. The van der Waals surface area contributed by atoms with Gasteiger partial charge in [-0.2, -0.15) is 9.78 Å². The smallest absolute Gasteiger partial charge is 0.274 e. The normalized spacial score (nSPS) is 12.1. The van der Waals surface area contributed by atoms with Crippen molar-refractivity contribution in [1.82, 2.24) is 14.7 Å². The molecular formula is C21H29N3O2. The second-order valence-corrected chi connectivity index (χ2v) is 9.09. The van der Waals surface area contributed by atoms with Crippen molar-refractivity contribution in [1.29, 1.82) is 0 Å². The molecule has 0 saturated heterocycles. The fourth-order valence-corrected chi connectivity index (χ4v) is 2.79. The van der Waals surface area contributed by atoms with Crippen LogP contribution in [0, 0.1) is 10.8 Å². The molecular weight excluding hydrogens is 326 g/mol. The van der Waals surface area contributed by atoms with Gasteiger partial charge in [-0.1, -0.05) is 59.7 Å². The number of carbonyl (C=O) groups excluding carboxylic acids is 1. The Bertz CT molecular complexity index is 796. The van der Waals surface area contributed by atoms with Crippen molar-refractivity contribution in [2.75, 3.05) is 13.1 Å². The molecule has 0 radical (unpaired) electrons. The zero-order chi connectivity index (χ0) is 19.5. The van der Waals surface area contributed by atoms with Gasteiger partial charge in [0.15, 0.2) is 0 Å². The van der Waals surface area contributed by atoms with E-state index in [0.717, 1.165) is 0 Å². The molecule has 5 heteroatoms. The van der Waals surface area contributed by atoms with Crippen molar-refractivity contribution < 1.29 is 4.79 Å². The van der Waals surface area contributed by atoms with Crippen molar-refractivity contribution >= 4 is 5.91 Å². The van der Waals surface area contributed by atoms with E-state index >= 15 is 0 Å². The van der Waals surface area contributed by atoms with Gasteiger partial charge in [-0.15, -0.1) is 0 Å². The summed E-state index contributed by atoms with van der Waals surface area (Å²) in [6, 6.07) is 12.1. The minimum absolute atomic E-state index is 0.0329. The molecule has 0 atom stereocenters. The van der Waals surface area contributed by atoms with Gasteiger partial charge in [0.05, 0.1) is 5.69 Å². The van der Waals surface area contributed by atoms with Gasteiger partial charge >= 0.3 is 0 Å². The van der Waals surface area contributed by atoms with E-state index in [-0.39, 0.29) is 28.0 Å². The van der Waals surface area contributed by atoms with Crippen molar-refractivity contribution in [3.63, 3.8) is 0 Å². The van der Waals surface area contributed by atoms with Crippen molar-refractivity contribution in [2.45, 2.75) is 41.5 Å². The molecule has 5 nitrogen and oxygen atoms in total. The third-order valence-corrected chi connectivity index (χ3v) is 3.64. The molecule has 2 aromatic rings. The number of rotatable bonds is 4. The third-order valence-electron chi connectivity index (χ3n) is 3.64. The number of hydrogen-bond donors (Lipinski definition) is 0. The molecule has 0 fully saturated rings. The maximum atomic E-state index is 13.1. The zero-order valence-corrected chi connectivity index (χ0v) is 16.6. The minimum Gasteiger partial charge on any atom is -0.336 e. The van der Waals surface area contributed by atoms with E-state index in [2.05, 4.69) is 46.6 Å². The molecule has 0 spiro atoms. The lowest BCUT2D eigenvalue weighted by molar-refractivity contribution is 0.0613. The molecule has 26 heavy (non-hydrogen) atoms. The zero-order valence-electron chi connectivity index (χ0n) is 16.6. The van der Waals surface area contributed by atoms with Crippen LogP contribution in [-0.4, -0.2) is 33.7 Å². The maximum Gasteiger partial charge on any atom is 0.274 e. The molecule has 1 amide bonds. The SMILES string of the molecule is CC(C)(C)CN(CC(C)(C)C)C(=O)c1ccc(=O)n(-c2ccccc2)n1. The second-order valence-electron chi connectivity index (χ2n) is 9.09. The van der Waals surface area contributed by atoms with Gasteiger partial charge in [-0.3, -0.25) is 9.59 Å². The first kappa shape index (κ1) is 19.9. The Morgan fingerprint density at radius 1 is 0.923 bits per heavy atom. The lowest BCUT2D eigenvalue weighted by Crippen LogP contribution is -2.43. The standard InChI is InChI=1S/C21H29N3O2/c1-20(2,3)14-23(15-21(4,5)6)19(26)17-12-13-18(25)24(22-17)16-10-8-7-9-11-16/h7-13H,14-15H2,1-6H3. The monoisotopic (exact) mass is 355 g/mol. The first-order valence-electron chi connectivity index (χ1n) is 8.91. The lowest BCUT2D eigenvalue weighted by atomic mass is 9.92. The van der Waals surface area contributed by atoms with Crippen LogP contribution >= 0.6 is 0 Å². The highest BCUT2D eigenvalue weighted by Gasteiger charge is 2.27. The lowest BCUT2D eigenvalue weighted by Gasteiger charge is -2.34. The predicted octanol–water partition coefficient (Wildman–Crippen LogP) is 3.77. The van der Waals surface area contributed by atoms with Crippen LogP contribution in [0.2, 0.25) is 0 Å². The molecule has 0 aliphatic heterocycles. The van der Waals surface area contributed by atoms with Crippen LogP contribution in [0.15, 0.2) is 47.3 Å². The highest BCUT2D eigenvalue weighted by atomic mass is 16.2. The van der Waals surface area contributed by atoms with Gasteiger partial charge in [0.25, 0.3) is 11.5 Å². The molecule has 0 aliphatic rings. The molecule has 0 saturated carbocycles. The average Bonchev–Trinajstić information content (AvgIpc) is 2.52. The summed E-state index contributed by atoms with van der Waals surface area (Å²) in [5.41, 5.74) is 0.599. The predicted molar refractivity (Wildman–Crippen MR) is 105 cm³/mol. The Morgan fingerprint density at radius 2 is 1.46 bits per heavy atom. The summed E-state index contributed by atoms with van der Waals surface area (Å²) in [7, 11) is 0. The van der Waals surface area contributed by atoms with Crippen LogP contribution < -0.4 is 5.56 Å². The maximum absolute atomic E-state index is 13.1. The minimum atomic E-state index is -0.258. The molecule has 1 aromatic carbocycles. The molecule has 1 aromatic heterocycles. The number of aromatic nitrogens is 2. The average molecular weight is 355 g/mol. The van der Waals surface area contributed by atoms with E-state index in [4.69, 9.17) is 0 Å². The highest BCUT2D eigenvalue weighted by molar-refractivity contribution is 5.92. The molecule has 140 valence electrons. The largest absolute Gasteiger partial charge is 0.336 e. The number of nitrogens with zero attached hydrogens (tertiary/aromatic N) is 3. The van der Waals surface area contributed by atoms with E-state index in [1.807, 2.05) is 23.1 Å². The first-order valence-corrected chi connectivity index (χ1v) is 8.91. The molecule has 2 rings (SSSR count). The Kier molecular flexibility index (Phi) is 5.69. The molecule has 1 heterocycles. The van der Waals surface area contributed by atoms with E-state index in [0.29, 0.717) is 18.8 Å². The highest BCUT2D eigenvalue weighted by Crippen LogP contribution is 2.22. The topological polar surface area (TPSA) is 55.2 Å². The first-order chi connectivity index (χ1) is 12.0. The second kappa shape index (κ2) is 7.44. The van der Waals surface area contributed by atoms with Crippen molar-refractivity contribution in [3.8, 4) is 5.69 Å². The summed E-state index contributed by atoms with van der Waals surface area (Å²) in [5, 5.41) is 4.34. The van der Waals surface area contributed by atoms with Crippen LogP contribution in [-0.2, 0) is 0 Å². The summed E-state index contributed by atoms with van der Waals surface area (Å²) in [6.45, 7) is 13.9. The Hall–Kier alpha value is -2.43. The summed E-state index contributed by atoms with van der Waals surface area (Å²) >= 11 is 0. The third kappa shape index (κ3) is 5.55. The van der Waals surface area contributed by atoms with E-state index < -0.39 is 0 Å². The Balaban J connectivity index is 2.41. The van der Waals surface area contributed by atoms with Gasteiger partial charge in [-0.25, -0.2) is 0 Å². The van der Waals surface area contributed by atoms with Crippen LogP contribution in [0.1, 0.15) is 52.0 Å². The molecule has 0 bridgehead atoms. The quantitative estimate of drug-likeness (QED) is 0.839. The Morgan fingerprint density at radius 3 is 1.96 bits per heavy atom. The number of carbonyl (C=O) groups is 1. The fraction of sp³-hybridized carbons (Fsp3) is 0.476. The van der Waals surface area contributed by atoms with E-state index in [9.17, 15) is 9.59 Å². The van der Waals surface area contributed by atoms with Gasteiger partial charge in [0, 0.05) is 19.2 Å². The number of benzene rings is 1. The van der Waals surface area contributed by atoms with Crippen molar-refractivity contribution in [3.05, 3.63) is 58.5 Å². The van der Waals surface area contributed by atoms with Gasteiger partial charge in [0.2, 0.25) is 0 Å². The summed E-state index contributed by atoms with van der Waals surface area (Å²) in [5.74, 6) is -0.153. The van der Waals surface area contributed by atoms with Crippen LogP contribution in [0.3, 0.4) is 0 Å². The fourth-order valence-electron chi connectivity index (χ4n) is 2.79. The van der Waals surface area contributed by atoms with Crippen LogP contribution in [0.25, 0.3) is 5.69 Å². The molecule has 0 N–H and O–H groups in total. The summed E-state index contributed by atoms with van der Waals surface area (Å²) < 4.78 is 1.28. The molecule has 0 unspecified atom stereocenters. The van der Waals surface area contributed by atoms with Gasteiger partial charge in [-0.05, 0) is 29.0 Å². The van der Waals surface area contributed by atoms with Crippen molar-refractivity contribution in [2.24, 2.45) is 10.8 Å². The number of para-hydroxylation sites is 1. The molecule has 0 aliphatic carbocycles. The van der Waals surface area contributed by atoms with Gasteiger partial charge in [0.1, 0.15) is 5.69 Å². The van der Waals surface area contributed by atoms with Gasteiger partial charge < -0.3 is 4.90 Å². The van der Waals surface area contributed by atoms with Crippen LogP contribution in [0.4, 0.5) is 0 Å².